The highest BCUT2D eigenvalue weighted by Gasteiger charge is 2.17. The van der Waals surface area contributed by atoms with E-state index in [9.17, 15) is 12.8 Å². The number of benzene rings is 1. The number of pyridine rings is 1. The maximum absolute atomic E-state index is 13.5. The van der Waals surface area contributed by atoms with Crippen molar-refractivity contribution >= 4 is 27.3 Å². The van der Waals surface area contributed by atoms with E-state index in [0.717, 1.165) is 0 Å². The molecule has 19 heavy (non-hydrogen) atoms. The molecule has 0 aliphatic rings. The van der Waals surface area contributed by atoms with E-state index in [4.69, 9.17) is 11.6 Å². The molecule has 0 unspecified atom stereocenters. The molecule has 1 heterocycles. The largest absolute Gasteiger partial charge is 0.282 e. The Morgan fingerprint density at radius 2 is 2.05 bits per heavy atom. The summed E-state index contributed by atoms with van der Waals surface area (Å²) in [6, 6.07) is 7.17. The lowest BCUT2D eigenvalue weighted by atomic mass is 10.2. The molecule has 1 aromatic heterocycles. The van der Waals surface area contributed by atoms with Gasteiger partial charge in [0.1, 0.15) is 5.82 Å². The Kier molecular flexibility index (Phi) is 4.01. The van der Waals surface area contributed by atoms with Crippen molar-refractivity contribution < 1.29 is 12.8 Å². The molecule has 0 bridgehead atoms. The van der Waals surface area contributed by atoms with Gasteiger partial charge in [-0.3, -0.25) is 9.71 Å². The molecule has 0 aliphatic carbocycles. The third-order valence-electron chi connectivity index (χ3n) is 2.33. The number of nitrogens with one attached hydrogen (secondary N) is 1. The molecule has 1 N–H and O–H groups in total. The Morgan fingerprint density at radius 3 is 2.68 bits per heavy atom. The first-order valence-corrected chi connectivity index (χ1v) is 7.34. The molecular formula is C12H10ClFN2O2S. The second-order valence-electron chi connectivity index (χ2n) is 3.80. The number of aromatic nitrogens is 1. The zero-order chi connectivity index (χ0) is 13.9. The summed E-state index contributed by atoms with van der Waals surface area (Å²) in [6.07, 6.45) is 2.88. The van der Waals surface area contributed by atoms with Crippen LogP contribution in [-0.4, -0.2) is 13.4 Å². The number of sulfonamides is 1. The van der Waals surface area contributed by atoms with Gasteiger partial charge in [0.2, 0.25) is 10.0 Å². The molecule has 0 atom stereocenters. The SMILES string of the molecule is O=S(=O)(Cc1c(F)cccc1Cl)Nc1cccnc1. The van der Waals surface area contributed by atoms with Gasteiger partial charge in [-0.1, -0.05) is 17.7 Å². The molecule has 0 aliphatic heterocycles. The van der Waals surface area contributed by atoms with Crippen molar-refractivity contribution in [1.82, 2.24) is 4.98 Å². The molecule has 0 amide bonds. The minimum atomic E-state index is -3.75. The predicted molar refractivity (Wildman–Crippen MR) is 71.9 cm³/mol. The summed E-state index contributed by atoms with van der Waals surface area (Å²) in [5.74, 6) is -1.18. The predicted octanol–water partition coefficient (Wildman–Crippen LogP) is 2.82. The summed E-state index contributed by atoms with van der Waals surface area (Å²) in [5, 5.41) is 0.0801. The third-order valence-corrected chi connectivity index (χ3v) is 3.90. The van der Waals surface area contributed by atoms with E-state index < -0.39 is 21.6 Å². The fourth-order valence-corrected chi connectivity index (χ4v) is 3.03. The van der Waals surface area contributed by atoms with Gasteiger partial charge in [-0.2, -0.15) is 0 Å². The first-order valence-electron chi connectivity index (χ1n) is 5.31. The van der Waals surface area contributed by atoms with Crippen LogP contribution in [-0.2, 0) is 15.8 Å². The fraction of sp³-hybridized carbons (Fsp3) is 0.0833. The summed E-state index contributed by atoms with van der Waals surface area (Å²) in [4.78, 5) is 3.78. The first kappa shape index (κ1) is 13.8. The third kappa shape index (κ3) is 3.65. The van der Waals surface area contributed by atoms with Gasteiger partial charge in [-0.05, 0) is 24.3 Å². The van der Waals surface area contributed by atoms with Gasteiger partial charge in [0.05, 0.1) is 17.6 Å². The molecule has 7 heteroatoms. The summed E-state index contributed by atoms with van der Waals surface area (Å²) >= 11 is 5.79. The van der Waals surface area contributed by atoms with E-state index >= 15 is 0 Å². The molecule has 0 saturated heterocycles. The molecule has 0 saturated carbocycles. The Labute approximate surface area is 115 Å². The highest BCUT2D eigenvalue weighted by Crippen LogP contribution is 2.22. The van der Waals surface area contributed by atoms with Crippen LogP contribution in [0.15, 0.2) is 42.7 Å². The van der Waals surface area contributed by atoms with Gasteiger partial charge in [-0.25, -0.2) is 12.8 Å². The normalized spacial score (nSPS) is 11.3. The summed E-state index contributed by atoms with van der Waals surface area (Å²) < 4.78 is 39.7. The fourth-order valence-electron chi connectivity index (χ4n) is 1.50. The van der Waals surface area contributed by atoms with E-state index in [1.807, 2.05) is 0 Å². The zero-order valence-electron chi connectivity index (χ0n) is 9.68. The van der Waals surface area contributed by atoms with E-state index in [2.05, 4.69) is 9.71 Å². The van der Waals surface area contributed by atoms with Gasteiger partial charge in [-0.15, -0.1) is 0 Å². The number of nitrogens with zero attached hydrogens (tertiary/aromatic N) is 1. The number of anilines is 1. The van der Waals surface area contributed by atoms with Crippen molar-refractivity contribution in [3.05, 3.63) is 59.1 Å². The highest BCUT2D eigenvalue weighted by atomic mass is 35.5. The van der Waals surface area contributed by atoms with Crippen LogP contribution in [0.1, 0.15) is 5.56 Å². The maximum Gasteiger partial charge on any atom is 0.237 e. The lowest BCUT2D eigenvalue weighted by molar-refractivity contribution is 0.591. The van der Waals surface area contributed by atoms with Crippen molar-refractivity contribution in [3.63, 3.8) is 0 Å². The molecule has 2 aromatic rings. The molecule has 4 nitrogen and oxygen atoms in total. The smallest absolute Gasteiger partial charge is 0.237 e. The van der Waals surface area contributed by atoms with Gasteiger partial charge < -0.3 is 0 Å². The average molecular weight is 301 g/mol. The maximum atomic E-state index is 13.5. The number of hydrogen-bond acceptors (Lipinski definition) is 3. The Hall–Kier alpha value is -1.66. The van der Waals surface area contributed by atoms with Crippen LogP contribution < -0.4 is 4.72 Å². The van der Waals surface area contributed by atoms with Gasteiger partial charge in [0.15, 0.2) is 0 Å². The minimum absolute atomic E-state index is 0.0550. The lowest BCUT2D eigenvalue weighted by Crippen LogP contribution is -2.16. The van der Waals surface area contributed by atoms with Crippen LogP contribution >= 0.6 is 11.6 Å². The molecule has 0 fully saturated rings. The van der Waals surface area contributed by atoms with E-state index in [1.54, 1.807) is 12.1 Å². The van der Waals surface area contributed by atoms with Gasteiger partial charge in [0, 0.05) is 16.8 Å². The molecule has 2 rings (SSSR count). The van der Waals surface area contributed by atoms with Crippen LogP contribution in [0.4, 0.5) is 10.1 Å². The van der Waals surface area contributed by atoms with E-state index in [1.165, 1.54) is 30.6 Å². The van der Waals surface area contributed by atoms with Gasteiger partial charge >= 0.3 is 0 Å². The Bertz CT molecular complexity index is 657. The molecule has 0 radical (unpaired) electrons. The van der Waals surface area contributed by atoms with Crippen molar-refractivity contribution in [3.8, 4) is 0 Å². The Balaban J connectivity index is 2.23. The number of rotatable bonds is 4. The average Bonchev–Trinajstić information content (AvgIpc) is 2.35. The summed E-state index contributed by atoms with van der Waals surface area (Å²) in [7, 11) is -3.75. The van der Waals surface area contributed by atoms with Crippen molar-refractivity contribution in [2.24, 2.45) is 0 Å². The zero-order valence-corrected chi connectivity index (χ0v) is 11.2. The summed E-state index contributed by atoms with van der Waals surface area (Å²) in [6.45, 7) is 0. The highest BCUT2D eigenvalue weighted by molar-refractivity contribution is 7.91. The standard InChI is InChI=1S/C12H10ClFN2O2S/c13-11-4-1-5-12(14)10(11)8-19(17,18)16-9-3-2-6-15-7-9/h1-7,16H,8H2. The molecule has 1 aromatic carbocycles. The lowest BCUT2D eigenvalue weighted by Gasteiger charge is -2.09. The van der Waals surface area contributed by atoms with Crippen LogP contribution in [0.25, 0.3) is 0 Å². The van der Waals surface area contributed by atoms with Crippen LogP contribution in [0, 0.1) is 5.82 Å². The Morgan fingerprint density at radius 1 is 1.26 bits per heavy atom. The molecule has 100 valence electrons. The second kappa shape index (κ2) is 5.54. The number of hydrogen-bond donors (Lipinski definition) is 1. The summed E-state index contributed by atoms with van der Waals surface area (Å²) in [5.41, 5.74) is 0.260. The van der Waals surface area contributed by atoms with E-state index in [-0.39, 0.29) is 10.6 Å². The van der Waals surface area contributed by atoms with E-state index in [0.29, 0.717) is 5.69 Å². The van der Waals surface area contributed by atoms with Gasteiger partial charge in [0.25, 0.3) is 0 Å². The second-order valence-corrected chi connectivity index (χ2v) is 5.93. The monoisotopic (exact) mass is 300 g/mol. The topological polar surface area (TPSA) is 59.1 Å². The van der Waals surface area contributed by atoms with Crippen molar-refractivity contribution in [2.45, 2.75) is 5.75 Å². The minimum Gasteiger partial charge on any atom is -0.282 e. The van der Waals surface area contributed by atoms with Crippen LogP contribution in [0.3, 0.4) is 0 Å². The van der Waals surface area contributed by atoms with Crippen LogP contribution in [0.2, 0.25) is 5.02 Å². The van der Waals surface area contributed by atoms with Crippen molar-refractivity contribution in [1.29, 1.82) is 0 Å². The molecule has 0 spiro atoms. The van der Waals surface area contributed by atoms with Crippen LogP contribution in [0.5, 0.6) is 0 Å². The van der Waals surface area contributed by atoms with Crippen molar-refractivity contribution in [2.75, 3.05) is 4.72 Å². The first-order chi connectivity index (χ1) is 8.98. The quantitative estimate of drug-likeness (QED) is 0.944. The molecular weight excluding hydrogens is 291 g/mol. The number of halogens is 2.